The minimum absolute atomic E-state index is 0. The van der Waals surface area contributed by atoms with Gasteiger partial charge in [-0.05, 0) is 0 Å². The molecule has 0 amide bonds. The minimum atomic E-state index is 0. The molecule has 0 spiro atoms. The first-order chi connectivity index (χ1) is 14.3. The molecule has 2 saturated carbocycles. The van der Waals surface area contributed by atoms with Crippen molar-refractivity contribution in [3.05, 3.63) is 35.4 Å². The molecular formula is C22H24N2O2Se4Zn. The maximum Gasteiger partial charge on any atom is 2.00 e. The summed E-state index contributed by atoms with van der Waals surface area (Å²) in [5.74, 6) is 0.153. The molecule has 0 aliphatic heterocycles. The van der Waals surface area contributed by atoms with Crippen LogP contribution in [-0.4, -0.2) is 88.6 Å². The van der Waals surface area contributed by atoms with Crippen molar-refractivity contribution in [3.8, 4) is 11.5 Å². The Labute approximate surface area is 229 Å². The van der Waals surface area contributed by atoms with Crippen LogP contribution >= 0.6 is 0 Å². The number of nitrogens with zero attached hydrogens (tertiary/aromatic N) is 2. The maximum absolute atomic E-state index is 11.7. The second-order valence-electron chi connectivity index (χ2n) is 7.49. The van der Waals surface area contributed by atoms with E-state index in [0.29, 0.717) is 23.2 Å². The molecule has 0 heterocycles. The van der Waals surface area contributed by atoms with Crippen molar-refractivity contribution in [1.29, 1.82) is 0 Å². The Bertz CT molecular complexity index is 884. The first kappa shape index (κ1) is 27.3. The van der Waals surface area contributed by atoms with Gasteiger partial charge in [-0.3, -0.25) is 0 Å². The molecule has 31 heavy (non-hydrogen) atoms. The van der Waals surface area contributed by atoms with Crippen molar-refractivity contribution in [3.63, 3.8) is 0 Å². The standard InChI is InChI=1S/2C11H13NOSe2.Zn/c2*13-11-7(4-9(14)5-10(11)15)6-12-8-2-1-3-8;/h2*4-6,8,13-15H,1-3H2;/q;;+2/p-2. The third kappa shape index (κ3) is 8.11. The molecule has 0 radical (unpaired) electrons. The third-order valence-corrected chi connectivity index (χ3v) is 7.64. The molecule has 2 aromatic rings. The molecular weight excluding hydrogens is 705 g/mol. The van der Waals surface area contributed by atoms with E-state index in [1.165, 1.54) is 38.5 Å². The molecule has 0 bridgehead atoms. The Balaban J connectivity index is 0.000000213. The molecule has 4 rings (SSSR count). The molecule has 0 aromatic heterocycles. The van der Waals surface area contributed by atoms with E-state index in [9.17, 15) is 10.2 Å². The Morgan fingerprint density at radius 1 is 0.677 bits per heavy atom. The number of rotatable bonds is 4. The fourth-order valence-electron chi connectivity index (χ4n) is 2.87. The van der Waals surface area contributed by atoms with Crippen LogP contribution in [-0.2, 0) is 19.5 Å². The van der Waals surface area contributed by atoms with E-state index in [-0.39, 0.29) is 31.0 Å². The van der Waals surface area contributed by atoms with Crippen LogP contribution in [0.4, 0.5) is 0 Å². The predicted molar refractivity (Wildman–Crippen MR) is 129 cm³/mol. The number of hydrogen-bond donors (Lipinski definition) is 0. The largest absolute Gasteiger partial charge is 2.00 e. The van der Waals surface area contributed by atoms with Gasteiger partial charge >= 0.3 is 232 Å². The van der Waals surface area contributed by atoms with Crippen LogP contribution in [0.1, 0.15) is 49.7 Å². The third-order valence-electron chi connectivity index (χ3n) is 5.16. The molecule has 0 atom stereocenters. The van der Waals surface area contributed by atoms with Crippen molar-refractivity contribution < 1.29 is 29.7 Å². The fraction of sp³-hybridized carbons (Fsp3) is 0.364. The minimum Gasteiger partial charge on any atom is 2.00 e. The topological polar surface area (TPSA) is 70.8 Å². The zero-order chi connectivity index (χ0) is 21.7. The summed E-state index contributed by atoms with van der Waals surface area (Å²) in [6.07, 6.45) is 10.7. The van der Waals surface area contributed by atoms with Gasteiger partial charge in [0.05, 0.1) is 0 Å². The van der Waals surface area contributed by atoms with Crippen molar-refractivity contribution >= 4 is 94.3 Å². The van der Waals surface area contributed by atoms with Gasteiger partial charge in [0, 0.05) is 0 Å². The van der Waals surface area contributed by atoms with Gasteiger partial charge in [-0.1, -0.05) is 0 Å². The van der Waals surface area contributed by atoms with Crippen molar-refractivity contribution in [1.82, 2.24) is 0 Å². The van der Waals surface area contributed by atoms with Crippen LogP contribution in [0.5, 0.6) is 11.5 Å². The van der Waals surface area contributed by atoms with Gasteiger partial charge < -0.3 is 0 Å². The van der Waals surface area contributed by atoms with Gasteiger partial charge in [-0.25, -0.2) is 0 Å². The quantitative estimate of drug-likeness (QED) is 0.260. The predicted octanol–water partition coefficient (Wildman–Crippen LogP) is -2.43. The maximum atomic E-state index is 11.7. The number of aliphatic imine (C=N–C) groups is 2. The molecule has 160 valence electrons. The van der Waals surface area contributed by atoms with Gasteiger partial charge in [0.2, 0.25) is 0 Å². The molecule has 2 aromatic carbocycles. The molecule has 9 heteroatoms. The van der Waals surface area contributed by atoms with E-state index in [4.69, 9.17) is 0 Å². The Morgan fingerprint density at radius 3 is 1.32 bits per heavy atom. The zero-order valence-corrected chi connectivity index (χ0v) is 27.5. The van der Waals surface area contributed by atoms with Gasteiger partial charge in [0.1, 0.15) is 0 Å². The average molecular weight is 730 g/mol. The fourth-order valence-corrected chi connectivity index (χ4v) is 6.08. The van der Waals surface area contributed by atoms with Crippen LogP contribution in [0.3, 0.4) is 0 Å². The summed E-state index contributed by atoms with van der Waals surface area (Å²) in [7, 11) is 0. The van der Waals surface area contributed by atoms with Crippen LogP contribution in [0, 0.1) is 0 Å². The van der Waals surface area contributed by atoms with Gasteiger partial charge in [0.25, 0.3) is 0 Å². The van der Waals surface area contributed by atoms with Crippen molar-refractivity contribution in [2.45, 2.75) is 50.6 Å². The normalized spacial score (nSPS) is 16.4. The monoisotopic (exact) mass is 732 g/mol. The molecule has 0 saturated heterocycles. The molecule has 0 unspecified atom stereocenters. The number of benzene rings is 2. The first-order valence-corrected chi connectivity index (χ1v) is 13.6. The molecule has 4 nitrogen and oxygen atoms in total. The van der Waals surface area contributed by atoms with Crippen molar-refractivity contribution in [2.24, 2.45) is 9.98 Å². The van der Waals surface area contributed by atoms with Crippen molar-refractivity contribution in [2.75, 3.05) is 0 Å². The van der Waals surface area contributed by atoms with E-state index < -0.39 is 0 Å². The first-order valence-electron chi connectivity index (χ1n) is 9.86. The van der Waals surface area contributed by atoms with E-state index in [0.717, 1.165) is 17.8 Å². The molecule has 2 aliphatic carbocycles. The van der Waals surface area contributed by atoms with Crippen LogP contribution in [0.15, 0.2) is 34.3 Å². The second kappa shape index (κ2) is 13.1. The SMILES string of the molecule is [O-]c1c([SeH])cc([SeH])cc1C=NC1CCC1.[O-]c1c([SeH])cc([SeH])cc1C=NC1CCC1.[Zn+2]. The summed E-state index contributed by atoms with van der Waals surface area (Å²) in [5.41, 5.74) is 1.41. The van der Waals surface area contributed by atoms with E-state index >= 15 is 0 Å². The van der Waals surface area contributed by atoms with Gasteiger partial charge in [-0.2, -0.15) is 0 Å². The van der Waals surface area contributed by atoms with Crippen LogP contribution in [0.2, 0.25) is 0 Å². The Hall–Kier alpha value is 0.0813. The van der Waals surface area contributed by atoms with Crippen LogP contribution in [0.25, 0.3) is 0 Å². The van der Waals surface area contributed by atoms with Gasteiger partial charge in [-0.15, -0.1) is 0 Å². The van der Waals surface area contributed by atoms with E-state index in [1.54, 1.807) is 12.4 Å². The molecule has 2 fully saturated rings. The summed E-state index contributed by atoms with van der Waals surface area (Å²) < 4.78 is 3.56. The number of hydrogen-bond acceptors (Lipinski definition) is 4. The summed E-state index contributed by atoms with van der Waals surface area (Å²) >= 11 is 9.54. The summed E-state index contributed by atoms with van der Waals surface area (Å²) in [4.78, 5) is 8.81. The zero-order valence-electron chi connectivity index (χ0n) is 17.1. The summed E-state index contributed by atoms with van der Waals surface area (Å²) in [6, 6.07) is 8.39. The van der Waals surface area contributed by atoms with E-state index in [1.807, 2.05) is 24.3 Å². The molecule has 0 N–H and O–H groups in total. The van der Waals surface area contributed by atoms with Crippen LogP contribution < -0.4 is 28.1 Å². The smallest absolute Gasteiger partial charge is 2.00 e. The second-order valence-corrected chi connectivity index (χ2v) is 11.7. The summed E-state index contributed by atoms with van der Waals surface area (Å²) in [6.45, 7) is 0. The Morgan fingerprint density at radius 2 is 1.03 bits per heavy atom. The summed E-state index contributed by atoms with van der Waals surface area (Å²) in [5, 5.41) is 23.5. The van der Waals surface area contributed by atoms with E-state index in [2.05, 4.69) is 74.0 Å². The average Bonchev–Trinajstić information content (AvgIpc) is 2.61. The Kier molecular flexibility index (Phi) is 11.5. The van der Waals surface area contributed by atoms with Gasteiger partial charge in [0.15, 0.2) is 0 Å². The molecule has 2 aliphatic rings.